The van der Waals surface area contributed by atoms with E-state index in [-0.39, 0.29) is 5.56 Å². The predicted octanol–water partition coefficient (Wildman–Crippen LogP) is 1.10. The molecule has 0 bridgehead atoms. The number of carbonyl (C=O) groups is 1. The van der Waals surface area contributed by atoms with Crippen LogP contribution in [-0.2, 0) is 16.9 Å². The minimum Gasteiger partial charge on any atom is -0.496 e. The van der Waals surface area contributed by atoms with Crippen LogP contribution in [0, 0.1) is 0 Å². The third-order valence-electron chi connectivity index (χ3n) is 2.94. The molecular weight excluding hydrogens is 222 g/mol. The Morgan fingerprint density at radius 3 is 2.88 bits per heavy atom. The molecule has 5 nitrogen and oxygen atoms in total. The largest absolute Gasteiger partial charge is 0.496 e. The fraction of sp³-hybridized carbons (Fsp3) is 0.417. The van der Waals surface area contributed by atoms with Gasteiger partial charge in [-0.15, -0.1) is 0 Å². The molecule has 0 spiro atoms. The highest BCUT2D eigenvalue weighted by atomic mass is 16.5. The Bertz CT molecular complexity index is 468. The van der Waals surface area contributed by atoms with Gasteiger partial charge in [-0.25, -0.2) is 4.79 Å². The van der Waals surface area contributed by atoms with Crippen LogP contribution < -0.4 is 10.5 Å². The zero-order valence-corrected chi connectivity index (χ0v) is 9.82. The molecule has 1 atom stereocenters. The zero-order valence-electron chi connectivity index (χ0n) is 9.82. The van der Waals surface area contributed by atoms with E-state index in [9.17, 15) is 4.79 Å². The van der Waals surface area contributed by atoms with E-state index in [2.05, 4.69) is 0 Å². The van der Waals surface area contributed by atoms with E-state index < -0.39 is 11.5 Å². The van der Waals surface area contributed by atoms with E-state index >= 15 is 0 Å². The number of carboxylic acid groups (broad SMARTS) is 1. The molecule has 17 heavy (non-hydrogen) atoms. The van der Waals surface area contributed by atoms with Crippen molar-refractivity contribution in [1.29, 1.82) is 0 Å². The van der Waals surface area contributed by atoms with Crippen LogP contribution in [0.25, 0.3) is 0 Å². The number of rotatable bonds is 2. The molecule has 3 N–H and O–H groups in total. The molecule has 0 unspecified atom stereocenters. The molecule has 92 valence electrons. The second kappa shape index (κ2) is 4.01. The first kappa shape index (κ1) is 11.9. The molecule has 0 aliphatic carbocycles. The Labute approximate surface area is 99.1 Å². The lowest BCUT2D eigenvalue weighted by Crippen LogP contribution is -2.42. The van der Waals surface area contributed by atoms with Gasteiger partial charge < -0.3 is 20.3 Å². The standard InChI is InChI=1S/C12H15NO4/c1-12(13)6-17-5-8-9(12)3-7(11(14)15)4-10(8)16-2/h3-4H,5-6,13H2,1-2H3,(H,14,15)/t12-/m0/s1. The summed E-state index contributed by atoms with van der Waals surface area (Å²) in [6, 6.07) is 3.09. The zero-order chi connectivity index (χ0) is 12.6. The van der Waals surface area contributed by atoms with Crippen molar-refractivity contribution in [3.63, 3.8) is 0 Å². The van der Waals surface area contributed by atoms with Crippen LogP contribution in [-0.4, -0.2) is 24.8 Å². The quantitative estimate of drug-likeness (QED) is 0.804. The Morgan fingerprint density at radius 1 is 1.59 bits per heavy atom. The highest BCUT2D eigenvalue weighted by molar-refractivity contribution is 5.88. The molecule has 0 saturated heterocycles. The van der Waals surface area contributed by atoms with Crippen LogP contribution in [0.5, 0.6) is 5.75 Å². The van der Waals surface area contributed by atoms with Crippen LogP contribution in [0.3, 0.4) is 0 Å². The van der Waals surface area contributed by atoms with Crippen molar-refractivity contribution in [3.8, 4) is 5.75 Å². The number of benzene rings is 1. The summed E-state index contributed by atoms with van der Waals surface area (Å²) in [4.78, 5) is 11.0. The van der Waals surface area contributed by atoms with Gasteiger partial charge in [-0.1, -0.05) is 0 Å². The monoisotopic (exact) mass is 237 g/mol. The van der Waals surface area contributed by atoms with E-state index in [1.54, 1.807) is 6.07 Å². The number of aromatic carboxylic acids is 1. The van der Waals surface area contributed by atoms with E-state index in [1.807, 2.05) is 6.92 Å². The number of carboxylic acids is 1. The first-order chi connectivity index (χ1) is 7.95. The van der Waals surface area contributed by atoms with Crippen molar-refractivity contribution >= 4 is 5.97 Å². The summed E-state index contributed by atoms with van der Waals surface area (Å²) < 4.78 is 10.6. The first-order valence-corrected chi connectivity index (χ1v) is 5.27. The Kier molecular flexibility index (Phi) is 2.81. The minimum absolute atomic E-state index is 0.180. The topological polar surface area (TPSA) is 81.8 Å². The highest BCUT2D eigenvalue weighted by Crippen LogP contribution is 2.35. The number of hydrogen-bond donors (Lipinski definition) is 2. The minimum atomic E-state index is -0.992. The molecule has 0 radical (unpaired) electrons. The average Bonchev–Trinajstić information content (AvgIpc) is 2.27. The summed E-state index contributed by atoms with van der Waals surface area (Å²) in [6.07, 6.45) is 0. The van der Waals surface area contributed by atoms with Crippen LogP contribution in [0.2, 0.25) is 0 Å². The summed E-state index contributed by atoms with van der Waals surface area (Å²) in [5.74, 6) is -0.482. The molecule has 0 aromatic heterocycles. The molecular formula is C12H15NO4. The second-order valence-corrected chi connectivity index (χ2v) is 4.42. The van der Waals surface area contributed by atoms with Crippen LogP contribution >= 0.6 is 0 Å². The summed E-state index contributed by atoms with van der Waals surface area (Å²) in [5.41, 5.74) is 7.21. The van der Waals surface area contributed by atoms with Crippen LogP contribution in [0.1, 0.15) is 28.4 Å². The van der Waals surface area contributed by atoms with Crippen molar-refractivity contribution in [2.24, 2.45) is 5.73 Å². The number of hydrogen-bond acceptors (Lipinski definition) is 4. The molecule has 0 fully saturated rings. The third kappa shape index (κ3) is 1.99. The van der Waals surface area contributed by atoms with Crippen molar-refractivity contribution < 1.29 is 19.4 Å². The molecule has 1 heterocycles. The van der Waals surface area contributed by atoms with E-state index in [4.69, 9.17) is 20.3 Å². The van der Waals surface area contributed by atoms with Gasteiger partial charge in [-0.3, -0.25) is 0 Å². The predicted molar refractivity (Wildman–Crippen MR) is 61.1 cm³/mol. The Balaban J connectivity index is 2.65. The lowest BCUT2D eigenvalue weighted by molar-refractivity contribution is 0.0575. The van der Waals surface area contributed by atoms with Gasteiger partial charge in [0.1, 0.15) is 5.75 Å². The van der Waals surface area contributed by atoms with Crippen molar-refractivity contribution in [2.75, 3.05) is 13.7 Å². The van der Waals surface area contributed by atoms with Crippen LogP contribution in [0.15, 0.2) is 12.1 Å². The molecule has 5 heteroatoms. The van der Waals surface area contributed by atoms with E-state index in [0.29, 0.717) is 19.0 Å². The number of nitrogens with two attached hydrogens (primary N) is 1. The summed E-state index contributed by atoms with van der Waals surface area (Å²) in [5, 5.41) is 9.05. The number of fused-ring (bicyclic) bond motifs is 1. The summed E-state index contributed by atoms with van der Waals surface area (Å²) in [7, 11) is 1.50. The molecule has 0 amide bonds. The fourth-order valence-corrected chi connectivity index (χ4v) is 2.05. The first-order valence-electron chi connectivity index (χ1n) is 5.27. The van der Waals surface area contributed by atoms with Gasteiger partial charge in [0.15, 0.2) is 0 Å². The summed E-state index contributed by atoms with van der Waals surface area (Å²) in [6.45, 7) is 2.58. The lowest BCUT2D eigenvalue weighted by atomic mass is 9.86. The fourth-order valence-electron chi connectivity index (χ4n) is 2.05. The van der Waals surface area contributed by atoms with Crippen molar-refractivity contribution in [1.82, 2.24) is 0 Å². The Hall–Kier alpha value is -1.59. The van der Waals surface area contributed by atoms with Gasteiger partial charge in [-0.2, -0.15) is 0 Å². The van der Waals surface area contributed by atoms with Crippen molar-refractivity contribution in [2.45, 2.75) is 19.1 Å². The molecule has 1 aliphatic rings. The third-order valence-corrected chi connectivity index (χ3v) is 2.94. The van der Waals surface area contributed by atoms with Gasteiger partial charge >= 0.3 is 5.97 Å². The normalized spacial score (nSPS) is 23.0. The maximum absolute atomic E-state index is 11.0. The van der Waals surface area contributed by atoms with Gasteiger partial charge in [0, 0.05) is 5.56 Å². The molecule has 1 aromatic rings. The lowest BCUT2D eigenvalue weighted by Gasteiger charge is -2.33. The van der Waals surface area contributed by atoms with Gasteiger partial charge in [0.05, 0.1) is 31.4 Å². The summed E-state index contributed by atoms with van der Waals surface area (Å²) >= 11 is 0. The molecule has 0 saturated carbocycles. The molecule has 1 aliphatic heterocycles. The maximum Gasteiger partial charge on any atom is 0.335 e. The maximum atomic E-state index is 11.0. The average molecular weight is 237 g/mol. The smallest absolute Gasteiger partial charge is 0.335 e. The van der Waals surface area contributed by atoms with Gasteiger partial charge in [0.2, 0.25) is 0 Å². The van der Waals surface area contributed by atoms with Crippen molar-refractivity contribution in [3.05, 3.63) is 28.8 Å². The second-order valence-electron chi connectivity index (χ2n) is 4.42. The number of ether oxygens (including phenoxy) is 2. The molecule has 2 rings (SSSR count). The molecule has 1 aromatic carbocycles. The van der Waals surface area contributed by atoms with Gasteiger partial charge in [0.25, 0.3) is 0 Å². The van der Waals surface area contributed by atoms with Crippen LogP contribution in [0.4, 0.5) is 0 Å². The van der Waals surface area contributed by atoms with E-state index in [0.717, 1.165) is 11.1 Å². The number of methoxy groups -OCH3 is 1. The van der Waals surface area contributed by atoms with E-state index in [1.165, 1.54) is 13.2 Å². The highest BCUT2D eigenvalue weighted by Gasteiger charge is 2.31. The SMILES string of the molecule is COc1cc(C(=O)O)cc2c1COC[C@]2(C)N. The van der Waals surface area contributed by atoms with Gasteiger partial charge in [-0.05, 0) is 24.6 Å². The Morgan fingerprint density at radius 2 is 2.29 bits per heavy atom.